The molecule has 1 aliphatic rings. The maximum atomic E-state index is 10.7. The van der Waals surface area contributed by atoms with E-state index in [1.807, 2.05) is 11.9 Å². The zero-order valence-electron chi connectivity index (χ0n) is 9.93. The van der Waals surface area contributed by atoms with Crippen LogP contribution in [0.3, 0.4) is 0 Å². The Hall–Kier alpha value is -1.18. The summed E-state index contributed by atoms with van der Waals surface area (Å²) in [6.07, 6.45) is 0. The van der Waals surface area contributed by atoms with Crippen molar-refractivity contribution in [2.45, 2.75) is 6.92 Å². The number of hydrogen-bond acceptors (Lipinski definition) is 5. The lowest BCUT2D eigenvalue weighted by molar-refractivity contribution is -0.151. The minimum absolute atomic E-state index is 0.279. The van der Waals surface area contributed by atoms with E-state index in [1.54, 1.807) is 0 Å². The highest BCUT2D eigenvalue weighted by Gasteiger charge is 2.23. The number of rotatable bonds is 5. The lowest BCUT2D eigenvalue weighted by Crippen LogP contribution is -2.49. The summed E-state index contributed by atoms with van der Waals surface area (Å²) in [5, 5.41) is 24.0. The smallest absolute Gasteiger partial charge is 0.319 e. The van der Waals surface area contributed by atoms with Crippen LogP contribution in [0.15, 0.2) is 0 Å². The molecule has 0 bridgehead atoms. The first-order valence-corrected chi connectivity index (χ1v) is 5.63. The average molecular weight is 245 g/mol. The number of nitrogens with one attached hydrogen (secondary N) is 1. The van der Waals surface area contributed by atoms with Crippen LogP contribution in [-0.4, -0.2) is 71.4 Å². The van der Waals surface area contributed by atoms with E-state index in [-0.39, 0.29) is 13.1 Å². The molecule has 98 valence electrons. The first kappa shape index (κ1) is 13.9. The largest absolute Gasteiger partial charge is 0.480 e. The molecule has 0 aromatic carbocycles. The van der Waals surface area contributed by atoms with Crippen LogP contribution in [0, 0.1) is 5.92 Å². The molecule has 7 heteroatoms. The zero-order chi connectivity index (χ0) is 12.8. The number of nitrogens with zero attached hydrogens (tertiary/aromatic N) is 2. The molecule has 1 aliphatic heterocycles. The zero-order valence-corrected chi connectivity index (χ0v) is 9.93. The molecule has 17 heavy (non-hydrogen) atoms. The Bertz CT molecular complexity index is 269. The topological polar surface area (TPSA) is 93.1 Å². The molecule has 1 unspecified atom stereocenters. The first-order chi connectivity index (χ1) is 7.99. The van der Waals surface area contributed by atoms with Crippen LogP contribution in [-0.2, 0) is 9.59 Å². The normalized spacial score (nSPS) is 22.4. The van der Waals surface area contributed by atoms with Gasteiger partial charge in [0.2, 0.25) is 0 Å². The number of hydrazine groups is 1. The quantitative estimate of drug-likeness (QED) is 0.567. The van der Waals surface area contributed by atoms with E-state index in [9.17, 15) is 9.59 Å². The third-order valence-corrected chi connectivity index (χ3v) is 2.60. The van der Waals surface area contributed by atoms with Crippen molar-refractivity contribution in [3.05, 3.63) is 0 Å². The Morgan fingerprint density at radius 3 is 2.47 bits per heavy atom. The fourth-order valence-electron chi connectivity index (χ4n) is 1.90. The van der Waals surface area contributed by atoms with Gasteiger partial charge in [0.15, 0.2) is 0 Å². The van der Waals surface area contributed by atoms with Gasteiger partial charge in [0.05, 0.1) is 0 Å². The molecular weight excluding hydrogens is 226 g/mol. The summed E-state index contributed by atoms with van der Waals surface area (Å²) >= 11 is 0. The average Bonchev–Trinajstić information content (AvgIpc) is 2.40. The van der Waals surface area contributed by atoms with Crippen molar-refractivity contribution >= 4 is 11.9 Å². The van der Waals surface area contributed by atoms with E-state index in [4.69, 9.17) is 10.2 Å². The molecule has 0 aromatic heterocycles. The summed E-state index contributed by atoms with van der Waals surface area (Å²) in [4.78, 5) is 21.4. The van der Waals surface area contributed by atoms with Gasteiger partial charge in [-0.15, -0.1) is 0 Å². The Morgan fingerprint density at radius 1 is 1.35 bits per heavy atom. The summed E-state index contributed by atoms with van der Waals surface area (Å²) in [6.45, 7) is 4.39. The van der Waals surface area contributed by atoms with Crippen molar-refractivity contribution in [2.75, 3.05) is 39.3 Å². The molecule has 0 saturated carbocycles. The Balaban J connectivity index is 2.65. The molecule has 1 heterocycles. The minimum atomic E-state index is -1.02. The fraction of sp³-hybridized carbons (Fsp3) is 0.800. The molecule has 1 atom stereocenters. The molecule has 0 radical (unpaired) electrons. The molecule has 0 amide bonds. The standard InChI is InChI=1S/C10H19N3O4/c1-8-4-11-2-3-12(5-8)13(6-9(14)15)7-10(16)17/h8,11H,2-7H2,1H3,(H,14,15)(H,16,17). The maximum Gasteiger partial charge on any atom is 0.319 e. The highest BCUT2D eigenvalue weighted by atomic mass is 16.4. The number of carbonyl (C=O) groups is 2. The second kappa shape index (κ2) is 6.53. The van der Waals surface area contributed by atoms with Crippen LogP contribution >= 0.6 is 0 Å². The van der Waals surface area contributed by atoms with Gasteiger partial charge >= 0.3 is 11.9 Å². The summed E-state index contributed by atoms with van der Waals surface area (Å²) in [7, 11) is 0. The highest BCUT2D eigenvalue weighted by molar-refractivity contribution is 5.72. The van der Waals surface area contributed by atoms with Gasteiger partial charge in [0, 0.05) is 19.6 Å². The van der Waals surface area contributed by atoms with Gasteiger partial charge in [-0.05, 0) is 12.5 Å². The molecule has 1 saturated heterocycles. The van der Waals surface area contributed by atoms with Gasteiger partial charge in [0.25, 0.3) is 0 Å². The number of aliphatic carboxylic acids is 2. The highest BCUT2D eigenvalue weighted by Crippen LogP contribution is 2.06. The second-order valence-electron chi connectivity index (χ2n) is 4.33. The van der Waals surface area contributed by atoms with Crippen LogP contribution < -0.4 is 5.32 Å². The van der Waals surface area contributed by atoms with Crippen molar-refractivity contribution in [3.63, 3.8) is 0 Å². The molecule has 7 nitrogen and oxygen atoms in total. The van der Waals surface area contributed by atoms with E-state index in [0.29, 0.717) is 19.0 Å². The molecule has 0 spiro atoms. The van der Waals surface area contributed by atoms with Gasteiger partial charge in [-0.1, -0.05) is 6.92 Å². The minimum Gasteiger partial charge on any atom is -0.480 e. The predicted molar refractivity (Wildman–Crippen MR) is 60.5 cm³/mol. The van der Waals surface area contributed by atoms with Crippen molar-refractivity contribution < 1.29 is 19.8 Å². The van der Waals surface area contributed by atoms with E-state index in [1.165, 1.54) is 5.01 Å². The Morgan fingerprint density at radius 2 is 1.94 bits per heavy atom. The van der Waals surface area contributed by atoms with Gasteiger partial charge in [-0.3, -0.25) is 9.59 Å². The number of hydrogen-bond donors (Lipinski definition) is 3. The van der Waals surface area contributed by atoms with E-state index in [0.717, 1.165) is 13.1 Å². The van der Waals surface area contributed by atoms with Gasteiger partial charge in [-0.25, -0.2) is 10.0 Å². The lowest BCUT2D eigenvalue weighted by Gasteiger charge is -2.32. The van der Waals surface area contributed by atoms with Crippen molar-refractivity contribution in [2.24, 2.45) is 5.92 Å². The number of carboxylic acid groups (broad SMARTS) is 2. The van der Waals surface area contributed by atoms with E-state index < -0.39 is 11.9 Å². The van der Waals surface area contributed by atoms with E-state index in [2.05, 4.69) is 5.32 Å². The maximum absolute atomic E-state index is 10.7. The molecular formula is C10H19N3O4. The molecule has 0 aliphatic carbocycles. The number of carboxylic acids is 2. The van der Waals surface area contributed by atoms with Crippen LogP contribution in [0.4, 0.5) is 0 Å². The van der Waals surface area contributed by atoms with Crippen LogP contribution in [0.25, 0.3) is 0 Å². The van der Waals surface area contributed by atoms with Crippen LogP contribution in [0.5, 0.6) is 0 Å². The Labute approximate surface area is 100.0 Å². The van der Waals surface area contributed by atoms with Crippen molar-refractivity contribution in [1.29, 1.82) is 0 Å². The van der Waals surface area contributed by atoms with Crippen LogP contribution in [0.2, 0.25) is 0 Å². The summed E-state index contributed by atoms with van der Waals surface area (Å²) in [5.41, 5.74) is 0. The third-order valence-electron chi connectivity index (χ3n) is 2.60. The first-order valence-electron chi connectivity index (χ1n) is 5.63. The Kier molecular flexibility index (Phi) is 5.33. The molecule has 0 aromatic rings. The van der Waals surface area contributed by atoms with Crippen molar-refractivity contribution in [3.8, 4) is 0 Å². The predicted octanol–water partition coefficient (Wildman–Crippen LogP) is -1.09. The van der Waals surface area contributed by atoms with Gasteiger partial charge in [0.1, 0.15) is 13.1 Å². The van der Waals surface area contributed by atoms with E-state index >= 15 is 0 Å². The lowest BCUT2D eigenvalue weighted by atomic mass is 10.2. The summed E-state index contributed by atoms with van der Waals surface area (Å²) < 4.78 is 0. The van der Waals surface area contributed by atoms with Gasteiger partial charge < -0.3 is 15.5 Å². The molecule has 3 N–H and O–H groups in total. The van der Waals surface area contributed by atoms with Crippen LogP contribution in [0.1, 0.15) is 6.92 Å². The fourth-order valence-corrected chi connectivity index (χ4v) is 1.90. The SMILES string of the molecule is CC1CNCCN(N(CC(=O)O)CC(=O)O)C1. The molecule has 1 fully saturated rings. The molecule has 1 rings (SSSR count). The van der Waals surface area contributed by atoms with Gasteiger partial charge in [-0.2, -0.15) is 0 Å². The summed E-state index contributed by atoms with van der Waals surface area (Å²) in [6, 6.07) is 0. The third kappa shape index (κ3) is 5.12. The monoisotopic (exact) mass is 245 g/mol. The second-order valence-corrected chi connectivity index (χ2v) is 4.33. The van der Waals surface area contributed by atoms with Crippen molar-refractivity contribution in [1.82, 2.24) is 15.3 Å². The summed E-state index contributed by atoms with van der Waals surface area (Å²) in [5.74, 6) is -1.67.